The number of carbonyl (C=O) groups is 1. The molecule has 2 aromatic rings. The molecule has 0 saturated heterocycles. The Labute approximate surface area is 117 Å². The van der Waals surface area contributed by atoms with Crippen molar-refractivity contribution < 1.29 is 13.6 Å². The number of carbonyl (C=O) groups excluding carboxylic acids is 1. The number of aryl methyl sites for hydroxylation is 3. The molecule has 0 amide bonds. The molecule has 20 heavy (non-hydrogen) atoms. The fourth-order valence-electron chi connectivity index (χ4n) is 2.47. The van der Waals surface area contributed by atoms with Gasteiger partial charge in [-0.05, 0) is 49.6 Å². The highest BCUT2D eigenvalue weighted by Crippen LogP contribution is 2.19. The maximum absolute atomic E-state index is 13.1. The third kappa shape index (κ3) is 3.10. The quantitative estimate of drug-likeness (QED) is 0.762. The van der Waals surface area contributed by atoms with Gasteiger partial charge in [-0.2, -0.15) is 0 Å². The topological polar surface area (TPSA) is 17.1 Å². The van der Waals surface area contributed by atoms with Gasteiger partial charge in [-0.25, -0.2) is 8.78 Å². The van der Waals surface area contributed by atoms with Crippen molar-refractivity contribution in [2.45, 2.75) is 27.2 Å². The highest BCUT2D eigenvalue weighted by atomic mass is 19.1. The van der Waals surface area contributed by atoms with E-state index in [-0.39, 0.29) is 17.8 Å². The third-order valence-electron chi connectivity index (χ3n) is 3.36. The Morgan fingerprint density at radius 2 is 1.40 bits per heavy atom. The molecule has 0 aliphatic rings. The van der Waals surface area contributed by atoms with E-state index < -0.39 is 11.6 Å². The largest absolute Gasteiger partial charge is 0.294 e. The first-order chi connectivity index (χ1) is 9.36. The first-order valence-corrected chi connectivity index (χ1v) is 6.43. The van der Waals surface area contributed by atoms with E-state index in [0.29, 0.717) is 0 Å². The van der Waals surface area contributed by atoms with Gasteiger partial charge in [0.2, 0.25) is 0 Å². The van der Waals surface area contributed by atoms with Crippen LogP contribution in [0, 0.1) is 32.4 Å². The minimum absolute atomic E-state index is 0.0712. The van der Waals surface area contributed by atoms with Crippen molar-refractivity contribution in [3.63, 3.8) is 0 Å². The molecule has 0 aliphatic carbocycles. The lowest BCUT2D eigenvalue weighted by atomic mass is 9.94. The highest BCUT2D eigenvalue weighted by molar-refractivity contribution is 5.97. The van der Waals surface area contributed by atoms with Crippen molar-refractivity contribution in [2.24, 2.45) is 0 Å². The van der Waals surface area contributed by atoms with Gasteiger partial charge in [-0.1, -0.05) is 17.7 Å². The summed E-state index contributed by atoms with van der Waals surface area (Å²) >= 11 is 0. The zero-order valence-corrected chi connectivity index (χ0v) is 11.8. The summed E-state index contributed by atoms with van der Waals surface area (Å²) in [4.78, 5) is 12.2. The standard InChI is InChI=1S/C17H16F2O/c1-10-4-11(2)16(12(3)5-10)9-17(20)13-6-14(18)8-15(19)7-13/h4-8H,9H2,1-3H3. The molecule has 0 fully saturated rings. The first-order valence-electron chi connectivity index (χ1n) is 6.43. The second kappa shape index (κ2) is 5.53. The molecular weight excluding hydrogens is 258 g/mol. The number of ketones is 1. The average Bonchev–Trinajstić information content (AvgIpc) is 2.32. The fraction of sp³-hybridized carbons (Fsp3) is 0.235. The van der Waals surface area contributed by atoms with Crippen molar-refractivity contribution in [1.82, 2.24) is 0 Å². The summed E-state index contributed by atoms with van der Waals surface area (Å²) < 4.78 is 26.3. The van der Waals surface area contributed by atoms with Crippen LogP contribution in [0.5, 0.6) is 0 Å². The van der Waals surface area contributed by atoms with Crippen molar-refractivity contribution in [3.8, 4) is 0 Å². The molecule has 3 heteroatoms. The van der Waals surface area contributed by atoms with Crippen LogP contribution in [-0.4, -0.2) is 5.78 Å². The van der Waals surface area contributed by atoms with Crippen LogP contribution in [0.15, 0.2) is 30.3 Å². The van der Waals surface area contributed by atoms with Gasteiger partial charge in [0.15, 0.2) is 5.78 Å². The lowest BCUT2D eigenvalue weighted by Crippen LogP contribution is -2.07. The second-order valence-corrected chi connectivity index (χ2v) is 5.14. The van der Waals surface area contributed by atoms with Gasteiger partial charge in [0.1, 0.15) is 11.6 Å². The Morgan fingerprint density at radius 1 is 0.900 bits per heavy atom. The molecule has 0 heterocycles. The van der Waals surface area contributed by atoms with E-state index in [1.165, 1.54) is 0 Å². The van der Waals surface area contributed by atoms with Gasteiger partial charge in [0.25, 0.3) is 0 Å². The average molecular weight is 274 g/mol. The molecule has 0 aliphatic heterocycles. The van der Waals surface area contributed by atoms with Crippen LogP contribution < -0.4 is 0 Å². The zero-order valence-electron chi connectivity index (χ0n) is 11.8. The van der Waals surface area contributed by atoms with Crippen LogP contribution in [0.1, 0.15) is 32.6 Å². The second-order valence-electron chi connectivity index (χ2n) is 5.14. The zero-order chi connectivity index (χ0) is 14.9. The molecular formula is C17H16F2O. The minimum Gasteiger partial charge on any atom is -0.294 e. The van der Waals surface area contributed by atoms with Gasteiger partial charge in [0.05, 0.1) is 0 Å². The highest BCUT2D eigenvalue weighted by Gasteiger charge is 2.13. The molecule has 2 rings (SSSR count). The summed E-state index contributed by atoms with van der Waals surface area (Å²) in [5, 5.41) is 0. The number of Topliss-reactive ketones (excluding diaryl/α,β-unsaturated/α-hetero) is 1. The Kier molecular flexibility index (Phi) is 3.98. The van der Waals surface area contributed by atoms with E-state index in [9.17, 15) is 13.6 Å². The maximum Gasteiger partial charge on any atom is 0.167 e. The SMILES string of the molecule is Cc1cc(C)c(CC(=O)c2cc(F)cc(F)c2)c(C)c1. The summed E-state index contributed by atoms with van der Waals surface area (Å²) in [5.74, 6) is -1.74. The Balaban J connectivity index is 2.32. The monoisotopic (exact) mass is 274 g/mol. The van der Waals surface area contributed by atoms with Crippen molar-refractivity contribution >= 4 is 5.78 Å². The van der Waals surface area contributed by atoms with Gasteiger partial charge in [-0.15, -0.1) is 0 Å². The molecule has 0 radical (unpaired) electrons. The molecule has 0 N–H and O–H groups in total. The number of rotatable bonds is 3. The lowest BCUT2D eigenvalue weighted by Gasteiger charge is -2.11. The van der Waals surface area contributed by atoms with E-state index in [1.54, 1.807) is 0 Å². The Morgan fingerprint density at radius 3 is 1.90 bits per heavy atom. The van der Waals surface area contributed by atoms with E-state index >= 15 is 0 Å². The van der Waals surface area contributed by atoms with Crippen molar-refractivity contribution in [2.75, 3.05) is 0 Å². The molecule has 0 saturated carbocycles. The normalized spacial score (nSPS) is 10.7. The molecule has 104 valence electrons. The maximum atomic E-state index is 13.1. The number of hydrogen-bond donors (Lipinski definition) is 0. The Bertz CT molecular complexity index is 631. The van der Waals surface area contributed by atoms with Crippen LogP contribution in [0.25, 0.3) is 0 Å². The summed E-state index contributed by atoms with van der Waals surface area (Å²) in [6, 6.07) is 6.91. The molecule has 0 atom stereocenters. The number of hydrogen-bond acceptors (Lipinski definition) is 1. The van der Waals surface area contributed by atoms with Crippen molar-refractivity contribution in [3.05, 3.63) is 69.8 Å². The molecule has 1 nitrogen and oxygen atoms in total. The summed E-state index contributed by atoms with van der Waals surface area (Å²) in [6.07, 6.45) is 0.154. The van der Waals surface area contributed by atoms with Crippen LogP contribution in [-0.2, 0) is 6.42 Å². The molecule has 0 spiro atoms. The molecule has 0 bridgehead atoms. The molecule has 2 aromatic carbocycles. The van der Waals surface area contributed by atoms with Crippen molar-refractivity contribution in [1.29, 1.82) is 0 Å². The van der Waals surface area contributed by atoms with Crippen LogP contribution in [0.4, 0.5) is 8.78 Å². The van der Waals surface area contributed by atoms with Crippen LogP contribution in [0.2, 0.25) is 0 Å². The molecule has 0 unspecified atom stereocenters. The predicted octanol–water partition coefficient (Wildman–Crippen LogP) is 4.32. The summed E-state index contributed by atoms with van der Waals surface area (Å²) in [7, 11) is 0. The summed E-state index contributed by atoms with van der Waals surface area (Å²) in [6.45, 7) is 5.87. The van der Waals surface area contributed by atoms with E-state index in [0.717, 1.165) is 40.5 Å². The predicted molar refractivity (Wildman–Crippen MR) is 75.0 cm³/mol. The van der Waals surface area contributed by atoms with Crippen LogP contribution in [0.3, 0.4) is 0 Å². The molecule has 0 aromatic heterocycles. The lowest BCUT2D eigenvalue weighted by molar-refractivity contribution is 0.0991. The number of benzene rings is 2. The minimum atomic E-state index is -0.731. The van der Waals surface area contributed by atoms with Gasteiger partial charge >= 0.3 is 0 Å². The van der Waals surface area contributed by atoms with Gasteiger partial charge in [-0.3, -0.25) is 4.79 Å². The van der Waals surface area contributed by atoms with E-state index in [4.69, 9.17) is 0 Å². The van der Waals surface area contributed by atoms with E-state index in [2.05, 4.69) is 0 Å². The van der Waals surface area contributed by atoms with E-state index in [1.807, 2.05) is 32.9 Å². The Hall–Kier alpha value is -2.03. The summed E-state index contributed by atoms with van der Waals surface area (Å²) in [5.41, 5.74) is 4.17. The third-order valence-corrected chi connectivity index (χ3v) is 3.36. The van der Waals surface area contributed by atoms with Gasteiger partial charge < -0.3 is 0 Å². The number of halogens is 2. The van der Waals surface area contributed by atoms with Gasteiger partial charge in [0, 0.05) is 18.1 Å². The first kappa shape index (κ1) is 14.4. The fourth-order valence-corrected chi connectivity index (χ4v) is 2.47. The smallest absolute Gasteiger partial charge is 0.167 e. The van der Waals surface area contributed by atoms with Crippen LogP contribution >= 0.6 is 0 Å².